The second-order valence-corrected chi connectivity index (χ2v) is 14.7. The van der Waals surface area contributed by atoms with Crippen molar-refractivity contribution in [2.24, 2.45) is 0 Å². The van der Waals surface area contributed by atoms with Gasteiger partial charge in [-0.15, -0.1) is 34.0 Å². The standard InChI is InChI=1S/C40H22N4S3/c1-2-9-23(10-3-1)37-42-38(24-17-19-32-28(21-24)26-11-4-6-14-31(26)45-32)44-39(43-37)27-12-8-16-35-36(27)29-22-25(18-20-33(29)46-35)40-41-30-13-5-7-15-34(30)47-40/h1-22H. The third-order valence-corrected chi connectivity index (χ3v) is 12.0. The number of nitrogens with zero attached hydrogens (tertiary/aromatic N) is 4. The summed E-state index contributed by atoms with van der Waals surface area (Å²) in [5.74, 6) is 1.99. The molecule has 10 rings (SSSR count). The van der Waals surface area contributed by atoms with Crippen LogP contribution in [0.25, 0.3) is 95.3 Å². The molecule has 10 aromatic rings. The molecule has 47 heavy (non-hydrogen) atoms. The van der Waals surface area contributed by atoms with Gasteiger partial charge in [0.2, 0.25) is 0 Å². The highest BCUT2D eigenvalue weighted by molar-refractivity contribution is 7.26. The van der Waals surface area contributed by atoms with Crippen LogP contribution >= 0.6 is 34.0 Å². The second kappa shape index (κ2) is 10.6. The Hall–Kier alpha value is -5.34. The molecule has 0 aliphatic carbocycles. The van der Waals surface area contributed by atoms with E-state index in [1.807, 2.05) is 35.6 Å². The smallest absolute Gasteiger partial charge is 0.164 e. The summed E-state index contributed by atoms with van der Waals surface area (Å²) >= 11 is 5.34. The van der Waals surface area contributed by atoms with Gasteiger partial charge in [0.05, 0.1) is 10.2 Å². The van der Waals surface area contributed by atoms with Gasteiger partial charge in [0.1, 0.15) is 5.01 Å². The fourth-order valence-corrected chi connectivity index (χ4v) is 9.51. The van der Waals surface area contributed by atoms with E-state index in [1.165, 1.54) is 39.7 Å². The quantitative estimate of drug-likeness (QED) is 0.189. The number of hydrogen-bond acceptors (Lipinski definition) is 7. The first-order chi connectivity index (χ1) is 23.2. The van der Waals surface area contributed by atoms with Crippen molar-refractivity contribution in [3.8, 4) is 44.7 Å². The molecule has 0 saturated carbocycles. The van der Waals surface area contributed by atoms with Crippen molar-refractivity contribution in [2.45, 2.75) is 0 Å². The minimum absolute atomic E-state index is 0.660. The van der Waals surface area contributed by atoms with Crippen molar-refractivity contribution in [1.29, 1.82) is 0 Å². The number of hydrogen-bond donors (Lipinski definition) is 0. The zero-order chi connectivity index (χ0) is 30.9. The van der Waals surface area contributed by atoms with Gasteiger partial charge in [-0.25, -0.2) is 19.9 Å². The summed E-state index contributed by atoms with van der Waals surface area (Å²) in [6.45, 7) is 0. The Morgan fingerprint density at radius 2 is 1.00 bits per heavy atom. The van der Waals surface area contributed by atoms with Gasteiger partial charge in [-0.2, -0.15) is 0 Å². The molecule has 4 heterocycles. The fraction of sp³-hybridized carbons (Fsp3) is 0. The fourth-order valence-electron chi connectivity index (χ4n) is 6.35. The molecule has 7 heteroatoms. The molecule has 0 aliphatic heterocycles. The Morgan fingerprint density at radius 1 is 0.362 bits per heavy atom. The SMILES string of the molecule is c1ccc(-c2nc(-c3ccc4sc5ccccc5c4c3)nc(-c3cccc4sc5ccc(-c6nc7ccccc7s6)cc5c34)n2)cc1. The van der Waals surface area contributed by atoms with Crippen molar-refractivity contribution < 1.29 is 0 Å². The molecular formula is C40H22N4S3. The van der Waals surface area contributed by atoms with Gasteiger partial charge in [-0.1, -0.05) is 78.9 Å². The average Bonchev–Trinajstić information content (AvgIpc) is 3.84. The molecule has 4 aromatic heterocycles. The van der Waals surface area contributed by atoms with Gasteiger partial charge in [-0.3, -0.25) is 0 Å². The largest absolute Gasteiger partial charge is 0.236 e. The van der Waals surface area contributed by atoms with E-state index in [1.54, 1.807) is 22.7 Å². The molecule has 0 aliphatic rings. The molecule has 0 fully saturated rings. The van der Waals surface area contributed by atoms with Crippen LogP contribution in [-0.4, -0.2) is 19.9 Å². The van der Waals surface area contributed by atoms with Gasteiger partial charge in [0.25, 0.3) is 0 Å². The van der Waals surface area contributed by atoms with Crippen LogP contribution in [0.2, 0.25) is 0 Å². The van der Waals surface area contributed by atoms with E-state index in [9.17, 15) is 0 Å². The third-order valence-electron chi connectivity index (χ3n) is 8.58. The molecule has 6 aromatic carbocycles. The van der Waals surface area contributed by atoms with E-state index in [0.717, 1.165) is 38.2 Å². The van der Waals surface area contributed by atoms with E-state index >= 15 is 0 Å². The Labute approximate surface area is 281 Å². The topological polar surface area (TPSA) is 51.6 Å². The highest BCUT2D eigenvalue weighted by atomic mass is 32.1. The van der Waals surface area contributed by atoms with Gasteiger partial charge >= 0.3 is 0 Å². The van der Waals surface area contributed by atoms with Gasteiger partial charge in [0, 0.05) is 62.6 Å². The zero-order valence-corrected chi connectivity index (χ0v) is 27.2. The lowest BCUT2D eigenvalue weighted by molar-refractivity contribution is 1.08. The number of thiazole rings is 1. The van der Waals surface area contributed by atoms with Crippen LogP contribution in [0.4, 0.5) is 0 Å². The van der Waals surface area contributed by atoms with Crippen LogP contribution in [0.15, 0.2) is 133 Å². The Bertz CT molecular complexity index is 2780. The molecule has 0 bridgehead atoms. The first-order valence-corrected chi connectivity index (χ1v) is 17.7. The van der Waals surface area contributed by atoms with Gasteiger partial charge in [-0.05, 0) is 54.6 Å². The van der Waals surface area contributed by atoms with Crippen molar-refractivity contribution in [3.63, 3.8) is 0 Å². The normalized spacial score (nSPS) is 11.8. The summed E-state index contributed by atoms with van der Waals surface area (Å²) in [5, 5.41) is 5.85. The molecule has 4 nitrogen and oxygen atoms in total. The first kappa shape index (κ1) is 26.8. The number of benzene rings is 6. The molecular weight excluding hydrogens is 633 g/mol. The molecule has 0 radical (unpaired) electrons. The zero-order valence-electron chi connectivity index (χ0n) is 24.7. The van der Waals surface area contributed by atoms with Crippen LogP contribution in [0, 0.1) is 0 Å². The van der Waals surface area contributed by atoms with E-state index in [-0.39, 0.29) is 0 Å². The van der Waals surface area contributed by atoms with Crippen LogP contribution in [-0.2, 0) is 0 Å². The van der Waals surface area contributed by atoms with Gasteiger partial charge < -0.3 is 0 Å². The third kappa shape index (κ3) is 4.47. The summed E-state index contributed by atoms with van der Waals surface area (Å²) in [6.07, 6.45) is 0. The maximum Gasteiger partial charge on any atom is 0.164 e. The molecule has 0 atom stereocenters. The maximum absolute atomic E-state index is 5.19. The van der Waals surface area contributed by atoms with Crippen LogP contribution in [0.5, 0.6) is 0 Å². The number of aromatic nitrogens is 4. The molecule has 0 N–H and O–H groups in total. The van der Waals surface area contributed by atoms with E-state index in [4.69, 9.17) is 19.9 Å². The summed E-state index contributed by atoms with van der Waals surface area (Å²) in [7, 11) is 0. The van der Waals surface area contributed by atoms with Crippen LogP contribution in [0.3, 0.4) is 0 Å². The lowest BCUT2D eigenvalue weighted by Crippen LogP contribution is -2.00. The van der Waals surface area contributed by atoms with E-state index in [2.05, 4.69) is 109 Å². The summed E-state index contributed by atoms with van der Waals surface area (Å²) in [4.78, 5) is 20.3. The summed E-state index contributed by atoms with van der Waals surface area (Å²) < 4.78 is 6.16. The number of fused-ring (bicyclic) bond motifs is 7. The van der Waals surface area contributed by atoms with Crippen LogP contribution in [0.1, 0.15) is 0 Å². The summed E-state index contributed by atoms with van der Waals surface area (Å²) in [5.41, 5.74) is 5.08. The predicted molar refractivity (Wildman–Crippen MR) is 201 cm³/mol. The summed E-state index contributed by atoms with van der Waals surface area (Å²) in [6, 6.07) is 46.8. The molecule has 0 saturated heterocycles. The number of thiophene rings is 2. The second-order valence-electron chi connectivity index (χ2n) is 11.5. The molecule has 0 spiro atoms. The predicted octanol–water partition coefficient (Wildman–Crippen LogP) is 11.9. The maximum atomic E-state index is 5.19. The van der Waals surface area contributed by atoms with Crippen molar-refractivity contribution in [1.82, 2.24) is 19.9 Å². The lowest BCUT2D eigenvalue weighted by Gasteiger charge is -2.10. The van der Waals surface area contributed by atoms with Crippen molar-refractivity contribution >= 4 is 84.6 Å². The Morgan fingerprint density at radius 3 is 1.87 bits per heavy atom. The average molecular weight is 655 g/mol. The van der Waals surface area contributed by atoms with Crippen LogP contribution < -0.4 is 0 Å². The van der Waals surface area contributed by atoms with Crippen molar-refractivity contribution in [3.05, 3.63) is 133 Å². The minimum atomic E-state index is 0.660. The number of rotatable bonds is 4. The Kier molecular flexibility index (Phi) is 6.05. The number of para-hydroxylation sites is 1. The molecule has 0 amide bonds. The lowest BCUT2D eigenvalue weighted by atomic mass is 10.0. The van der Waals surface area contributed by atoms with Crippen molar-refractivity contribution in [2.75, 3.05) is 0 Å². The molecule has 0 unspecified atom stereocenters. The monoisotopic (exact) mass is 654 g/mol. The van der Waals surface area contributed by atoms with E-state index in [0.29, 0.717) is 17.5 Å². The highest BCUT2D eigenvalue weighted by Gasteiger charge is 2.18. The Balaban J connectivity index is 1.19. The van der Waals surface area contributed by atoms with Gasteiger partial charge in [0.15, 0.2) is 17.5 Å². The highest BCUT2D eigenvalue weighted by Crippen LogP contribution is 2.42. The molecule has 220 valence electrons. The minimum Gasteiger partial charge on any atom is -0.236 e. The first-order valence-electron chi connectivity index (χ1n) is 15.3. The van der Waals surface area contributed by atoms with E-state index < -0.39 is 0 Å².